The molecule has 0 aromatic heterocycles. The molecule has 0 radical (unpaired) electrons. The van der Waals surface area contributed by atoms with Crippen LogP contribution in [0.5, 0.6) is 0 Å². The normalized spacial score (nSPS) is 21.1. The molecule has 2 saturated heterocycles. The zero-order valence-corrected chi connectivity index (χ0v) is 23.4. The van der Waals surface area contributed by atoms with Gasteiger partial charge in [0.2, 0.25) is 0 Å². The molecule has 6 nitrogen and oxygen atoms in total. The Bertz CT molecular complexity index is 1200. The van der Waals surface area contributed by atoms with E-state index < -0.39 is 46.8 Å². The number of benzene rings is 2. The summed E-state index contributed by atoms with van der Waals surface area (Å²) >= 11 is 0. The second-order valence-electron chi connectivity index (χ2n) is 10.8. The van der Waals surface area contributed by atoms with Crippen molar-refractivity contribution in [1.29, 1.82) is 0 Å². The first-order valence-corrected chi connectivity index (χ1v) is 13.7. The van der Waals surface area contributed by atoms with Gasteiger partial charge in [-0.25, -0.2) is 4.39 Å². The summed E-state index contributed by atoms with van der Waals surface area (Å²) in [7, 11) is 1.60. The molecule has 13 heteroatoms. The maximum atomic E-state index is 14.3. The van der Waals surface area contributed by atoms with E-state index in [0.717, 1.165) is 6.54 Å². The Hall–Kier alpha value is -2.74. The van der Waals surface area contributed by atoms with Crippen molar-refractivity contribution in [3.8, 4) is 0 Å². The molecule has 2 aromatic carbocycles. The summed E-state index contributed by atoms with van der Waals surface area (Å²) in [5.41, 5.74) is -2.79. The first kappa shape index (κ1) is 32.2. The van der Waals surface area contributed by atoms with Gasteiger partial charge in [-0.1, -0.05) is 12.1 Å². The SMILES string of the molecule is COC[C@@H]1CN(CCN2CCN(C(=O)c3cc(C(F)(F)F)cc(C(F)(F)F)c3)[C@H](Cc3ccc(C)c(F)c3)C2)CCO1. The van der Waals surface area contributed by atoms with Gasteiger partial charge in [-0.3, -0.25) is 14.6 Å². The van der Waals surface area contributed by atoms with Crippen molar-refractivity contribution in [3.05, 3.63) is 70.0 Å². The lowest BCUT2D eigenvalue weighted by atomic mass is 9.98. The summed E-state index contributed by atoms with van der Waals surface area (Å²) in [5.74, 6) is -1.37. The molecular weight excluding hydrogens is 571 g/mol. The molecule has 2 atom stereocenters. The summed E-state index contributed by atoms with van der Waals surface area (Å²) in [5, 5.41) is 0. The number of hydrogen-bond donors (Lipinski definition) is 0. The summed E-state index contributed by atoms with van der Waals surface area (Å²) < 4.78 is 106. The van der Waals surface area contributed by atoms with Crippen LogP contribution in [0.25, 0.3) is 0 Å². The molecule has 0 unspecified atom stereocenters. The van der Waals surface area contributed by atoms with Gasteiger partial charge in [-0.2, -0.15) is 26.3 Å². The molecule has 2 heterocycles. The van der Waals surface area contributed by atoms with E-state index in [0.29, 0.717) is 69.2 Å². The lowest BCUT2D eigenvalue weighted by molar-refractivity contribution is -0.143. The number of hydrogen-bond acceptors (Lipinski definition) is 5. The van der Waals surface area contributed by atoms with Crippen LogP contribution in [0.15, 0.2) is 36.4 Å². The van der Waals surface area contributed by atoms with Crippen molar-refractivity contribution in [2.75, 3.05) is 66.1 Å². The molecule has 2 aliphatic heterocycles. The maximum absolute atomic E-state index is 14.3. The minimum absolute atomic E-state index is 0.00407. The number of methoxy groups -OCH3 is 1. The third kappa shape index (κ3) is 8.21. The minimum Gasteiger partial charge on any atom is -0.382 e. The largest absolute Gasteiger partial charge is 0.416 e. The molecule has 0 spiro atoms. The van der Waals surface area contributed by atoms with Gasteiger partial charge in [0.25, 0.3) is 5.91 Å². The van der Waals surface area contributed by atoms with Crippen molar-refractivity contribution in [3.63, 3.8) is 0 Å². The van der Waals surface area contributed by atoms with Gasteiger partial charge in [-0.05, 0) is 48.7 Å². The number of rotatable bonds is 8. The quantitative estimate of drug-likeness (QED) is 0.402. The number of nitrogens with zero attached hydrogens (tertiary/aromatic N) is 3. The number of piperazine rings is 1. The van der Waals surface area contributed by atoms with Crippen molar-refractivity contribution in [2.24, 2.45) is 0 Å². The Kier molecular flexibility index (Phi) is 10.2. The van der Waals surface area contributed by atoms with Crippen LogP contribution in [0.3, 0.4) is 0 Å². The molecular formula is C29H34F7N3O3. The summed E-state index contributed by atoms with van der Waals surface area (Å²) in [6.07, 6.45) is -10.0. The van der Waals surface area contributed by atoms with Crippen molar-refractivity contribution in [1.82, 2.24) is 14.7 Å². The van der Waals surface area contributed by atoms with Crippen molar-refractivity contribution in [2.45, 2.75) is 37.8 Å². The van der Waals surface area contributed by atoms with Crippen LogP contribution in [0, 0.1) is 12.7 Å². The highest BCUT2D eigenvalue weighted by Crippen LogP contribution is 2.37. The van der Waals surface area contributed by atoms with Crippen molar-refractivity contribution >= 4 is 5.91 Å². The molecule has 0 aliphatic carbocycles. The van der Waals surface area contributed by atoms with Crippen LogP contribution in [0.1, 0.15) is 32.6 Å². The predicted octanol–water partition coefficient (Wildman–Crippen LogP) is 4.89. The summed E-state index contributed by atoms with van der Waals surface area (Å²) in [4.78, 5) is 19.2. The van der Waals surface area contributed by atoms with Gasteiger partial charge in [0.15, 0.2) is 0 Å². The lowest BCUT2D eigenvalue weighted by Gasteiger charge is -2.43. The number of aryl methyl sites for hydroxylation is 1. The monoisotopic (exact) mass is 605 g/mol. The van der Waals surface area contributed by atoms with Crippen LogP contribution < -0.4 is 0 Å². The third-order valence-electron chi connectivity index (χ3n) is 7.68. The van der Waals surface area contributed by atoms with Gasteiger partial charge in [0.1, 0.15) is 5.82 Å². The highest BCUT2D eigenvalue weighted by Gasteiger charge is 2.39. The van der Waals surface area contributed by atoms with E-state index in [2.05, 4.69) is 9.80 Å². The highest BCUT2D eigenvalue weighted by atomic mass is 19.4. The molecule has 2 fully saturated rings. The number of alkyl halides is 6. The Labute approximate surface area is 240 Å². The first-order valence-electron chi connectivity index (χ1n) is 13.7. The van der Waals surface area contributed by atoms with Gasteiger partial charge < -0.3 is 14.4 Å². The summed E-state index contributed by atoms with van der Waals surface area (Å²) in [6, 6.07) is 4.95. The fraction of sp³-hybridized carbons (Fsp3) is 0.552. The molecule has 2 aliphatic rings. The number of amides is 1. The zero-order chi connectivity index (χ0) is 30.7. The molecule has 232 valence electrons. The fourth-order valence-corrected chi connectivity index (χ4v) is 5.40. The Morgan fingerprint density at radius 1 is 0.929 bits per heavy atom. The molecule has 1 amide bonds. The summed E-state index contributed by atoms with van der Waals surface area (Å²) in [6.45, 7) is 6.18. The van der Waals surface area contributed by atoms with Crippen LogP contribution in [0.2, 0.25) is 0 Å². The van der Waals surface area contributed by atoms with E-state index in [4.69, 9.17) is 9.47 Å². The average Bonchev–Trinajstić information content (AvgIpc) is 2.93. The second-order valence-corrected chi connectivity index (χ2v) is 10.8. The molecule has 2 aromatic rings. The van der Waals surface area contributed by atoms with Gasteiger partial charge >= 0.3 is 12.4 Å². The van der Waals surface area contributed by atoms with Gasteiger partial charge in [-0.15, -0.1) is 0 Å². The van der Waals surface area contributed by atoms with E-state index in [9.17, 15) is 35.5 Å². The fourth-order valence-electron chi connectivity index (χ4n) is 5.40. The highest BCUT2D eigenvalue weighted by molar-refractivity contribution is 5.95. The lowest BCUT2D eigenvalue weighted by Crippen LogP contribution is -2.57. The molecule has 0 bridgehead atoms. The van der Waals surface area contributed by atoms with Crippen LogP contribution >= 0.6 is 0 Å². The zero-order valence-electron chi connectivity index (χ0n) is 23.4. The first-order chi connectivity index (χ1) is 19.7. The smallest absolute Gasteiger partial charge is 0.382 e. The number of carbonyl (C=O) groups is 1. The van der Waals surface area contributed by atoms with E-state index in [1.165, 1.54) is 11.0 Å². The minimum atomic E-state index is -5.07. The van der Waals surface area contributed by atoms with Gasteiger partial charge in [0, 0.05) is 64.5 Å². The predicted molar refractivity (Wildman–Crippen MR) is 141 cm³/mol. The van der Waals surface area contributed by atoms with E-state index in [1.54, 1.807) is 26.2 Å². The van der Waals surface area contributed by atoms with Crippen LogP contribution in [0.4, 0.5) is 30.7 Å². The van der Waals surface area contributed by atoms with Crippen LogP contribution in [-0.4, -0.2) is 98.9 Å². The van der Waals surface area contributed by atoms with Crippen molar-refractivity contribution < 1.29 is 45.0 Å². The maximum Gasteiger partial charge on any atom is 0.416 e. The third-order valence-corrected chi connectivity index (χ3v) is 7.68. The molecule has 42 heavy (non-hydrogen) atoms. The number of halogens is 7. The standard InChI is InChI=1S/C29H34F7N3O3/c1-19-3-4-20(12-26(19)30)11-24-16-37(5-6-38-9-10-42-25(17-38)18-41-2)7-8-39(24)27(40)21-13-22(28(31,32)33)15-23(14-21)29(34,35)36/h3-4,12-15,24-25H,5-11,16-18H2,1-2H3/t24-,25+/m1/s1. The second kappa shape index (κ2) is 13.3. The number of ether oxygens (including phenoxy) is 2. The number of morpholine rings is 1. The average molecular weight is 606 g/mol. The topological polar surface area (TPSA) is 45.2 Å². The Balaban J connectivity index is 1.56. The number of carbonyl (C=O) groups excluding carboxylic acids is 1. The molecule has 0 N–H and O–H groups in total. The Morgan fingerprint density at radius 3 is 2.17 bits per heavy atom. The van der Waals surface area contributed by atoms with Crippen LogP contribution in [-0.2, 0) is 28.2 Å². The molecule has 4 rings (SSSR count). The Morgan fingerprint density at radius 2 is 1.57 bits per heavy atom. The van der Waals surface area contributed by atoms with Gasteiger partial charge in [0.05, 0.1) is 30.4 Å². The van der Waals surface area contributed by atoms with E-state index in [1.807, 2.05) is 0 Å². The molecule has 0 saturated carbocycles. The van der Waals surface area contributed by atoms with E-state index >= 15 is 0 Å². The van der Waals surface area contributed by atoms with E-state index in [-0.39, 0.29) is 25.1 Å².